The number of aromatic carboxylic acids is 1. The molecule has 0 bridgehead atoms. The Morgan fingerprint density at radius 2 is 1.51 bits per heavy atom. The summed E-state index contributed by atoms with van der Waals surface area (Å²) >= 11 is 0. The van der Waals surface area contributed by atoms with Crippen LogP contribution in [0, 0.1) is 0 Å². The van der Waals surface area contributed by atoms with Crippen LogP contribution >= 0.6 is 0 Å². The topological polar surface area (TPSA) is 94.6 Å². The zero-order chi connectivity index (χ0) is 26.9. The lowest BCUT2D eigenvalue weighted by atomic mass is 10.0. The fraction of sp³-hybridized carbons (Fsp3) is 0.0312. The molecule has 0 unspecified atom stereocenters. The second kappa shape index (κ2) is 9.79. The van der Waals surface area contributed by atoms with Gasteiger partial charge in [-0.15, -0.1) is 0 Å². The Balaban J connectivity index is 1.50. The summed E-state index contributed by atoms with van der Waals surface area (Å²) in [5, 5.41) is 14.8. The maximum Gasteiger partial charge on any atom is 0.345 e. The minimum Gasteiger partial charge on any atom is -0.497 e. The molecule has 7 heteroatoms. The quantitative estimate of drug-likeness (QED) is 0.249. The number of carbonyl (C=O) groups is 1. The van der Waals surface area contributed by atoms with Gasteiger partial charge in [-0.1, -0.05) is 54.6 Å². The molecule has 0 saturated carbocycles. The van der Waals surface area contributed by atoms with Crippen LogP contribution in [0.15, 0.2) is 118 Å². The van der Waals surface area contributed by atoms with Crippen LogP contribution in [0.5, 0.6) is 5.75 Å². The molecule has 190 valence electrons. The maximum atomic E-state index is 13.0. The van der Waals surface area contributed by atoms with Crippen molar-refractivity contribution in [3.63, 3.8) is 0 Å². The van der Waals surface area contributed by atoms with Gasteiger partial charge in [0.15, 0.2) is 0 Å². The van der Waals surface area contributed by atoms with Crippen molar-refractivity contribution in [2.45, 2.75) is 0 Å². The third-order valence-electron chi connectivity index (χ3n) is 6.57. The van der Waals surface area contributed by atoms with Crippen LogP contribution in [-0.4, -0.2) is 28.0 Å². The molecule has 0 atom stereocenters. The fourth-order valence-corrected chi connectivity index (χ4v) is 4.53. The SMILES string of the molecule is COc1ccc2oc(=O)c(-c3cc(-c4ccc(-c5ccccc5)cc4)n(-c4ccc(C(=O)O)cc4)n3)cc2c1. The first kappa shape index (κ1) is 23.9. The van der Waals surface area contributed by atoms with E-state index >= 15 is 0 Å². The number of aromatic nitrogens is 2. The molecule has 0 aliphatic heterocycles. The molecule has 6 rings (SSSR count). The van der Waals surface area contributed by atoms with E-state index in [9.17, 15) is 14.7 Å². The van der Waals surface area contributed by atoms with E-state index < -0.39 is 11.6 Å². The molecule has 0 spiro atoms. The highest BCUT2D eigenvalue weighted by Gasteiger charge is 2.18. The minimum absolute atomic E-state index is 0.170. The van der Waals surface area contributed by atoms with Gasteiger partial charge in [-0.05, 0) is 65.7 Å². The van der Waals surface area contributed by atoms with Gasteiger partial charge in [0.1, 0.15) is 17.0 Å². The number of nitrogens with zero attached hydrogens (tertiary/aromatic N) is 2. The highest BCUT2D eigenvalue weighted by Crippen LogP contribution is 2.31. The molecule has 2 heterocycles. The van der Waals surface area contributed by atoms with E-state index in [4.69, 9.17) is 14.3 Å². The van der Waals surface area contributed by atoms with Crippen molar-refractivity contribution in [1.29, 1.82) is 0 Å². The van der Waals surface area contributed by atoms with Gasteiger partial charge in [0.25, 0.3) is 0 Å². The average molecular weight is 515 g/mol. The first-order chi connectivity index (χ1) is 19.0. The molecule has 4 aromatic carbocycles. The van der Waals surface area contributed by atoms with Crippen molar-refractivity contribution >= 4 is 16.9 Å². The summed E-state index contributed by atoms with van der Waals surface area (Å²) in [4.78, 5) is 24.4. The van der Waals surface area contributed by atoms with Crippen molar-refractivity contribution in [3.05, 3.63) is 125 Å². The van der Waals surface area contributed by atoms with Crippen LogP contribution in [0.4, 0.5) is 0 Å². The van der Waals surface area contributed by atoms with Gasteiger partial charge >= 0.3 is 11.6 Å². The first-order valence-electron chi connectivity index (χ1n) is 12.2. The largest absolute Gasteiger partial charge is 0.497 e. The molecular weight excluding hydrogens is 492 g/mol. The van der Waals surface area contributed by atoms with Crippen molar-refractivity contribution in [1.82, 2.24) is 9.78 Å². The predicted molar refractivity (Wildman–Crippen MR) is 149 cm³/mol. The average Bonchev–Trinajstić information content (AvgIpc) is 3.42. The normalized spacial score (nSPS) is 11.0. The number of methoxy groups -OCH3 is 1. The third-order valence-corrected chi connectivity index (χ3v) is 6.57. The van der Waals surface area contributed by atoms with E-state index in [2.05, 4.69) is 12.1 Å². The van der Waals surface area contributed by atoms with E-state index in [0.29, 0.717) is 33.7 Å². The zero-order valence-corrected chi connectivity index (χ0v) is 20.9. The lowest BCUT2D eigenvalue weighted by Crippen LogP contribution is -2.04. The molecule has 0 aliphatic carbocycles. The van der Waals surface area contributed by atoms with Crippen LogP contribution in [0.3, 0.4) is 0 Å². The molecule has 7 nitrogen and oxygen atoms in total. The molecular formula is C32H22N2O5. The maximum absolute atomic E-state index is 13.0. The lowest BCUT2D eigenvalue weighted by Gasteiger charge is -2.09. The molecule has 0 saturated heterocycles. The minimum atomic E-state index is -1.01. The van der Waals surface area contributed by atoms with Crippen LogP contribution in [-0.2, 0) is 0 Å². The summed E-state index contributed by atoms with van der Waals surface area (Å²) in [5.74, 6) is -0.367. The van der Waals surface area contributed by atoms with Gasteiger partial charge in [-0.3, -0.25) is 0 Å². The molecule has 0 aliphatic rings. The highest BCUT2D eigenvalue weighted by molar-refractivity contribution is 5.88. The van der Waals surface area contributed by atoms with Crippen molar-refractivity contribution in [2.75, 3.05) is 7.11 Å². The Kier molecular flexibility index (Phi) is 6.01. The number of carboxylic acids is 1. The van der Waals surface area contributed by atoms with Crippen LogP contribution < -0.4 is 10.4 Å². The van der Waals surface area contributed by atoms with E-state index in [0.717, 1.165) is 22.4 Å². The number of hydrogen-bond donors (Lipinski definition) is 1. The molecule has 39 heavy (non-hydrogen) atoms. The standard InChI is InChI=1S/C32H22N2O5/c1-38-26-15-16-30-24(17-26)18-27(32(37)39-30)28-19-29(34(33-28)25-13-11-23(12-14-25)31(35)36)22-9-7-21(8-10-22)20-5-3-2-4-6-20/h2-19H,1H3,(H,35,36). The molecule has 0 amide bonds. The summed E-state index contributed by atoms with van der Waals surface area (Å²) in [6, 6.07) is 33.4. The molecule has 2 aromatic heterocycles. The Hall–Kier alpha value is -5.43. The first-order valence-corrected chi connectivity index (χ1v) is 12.2. The Morgan fingerprint density at radius 3 is 2.21 bits per heavy atom. The summed E-state index contributed by atoms with van der Waals surface area (Å²) < 4.78 is 12.6. The second-order valence-corrected chi connectivity index (χ2v) is 8.97. The number of hydrogen-bond acceptors (Lipinski definition) is 5. The number of fused-ring (bicyclic) bond motifs is 1. The van der Waals surface area contributed by atoms with Crippen LogP contribution in [0.2, 0.25) is 0 Å². The second-order valence-electron chi connectivity index (χ2n) is 8.97. The molecule has 1 N–H and O–H groups in total. The Morgan fingerprint density at radius 1 is 0.821 bits per heavy atom. The third kappa shape index (κ3) is 4.57. The van der Waals surface area contributed by atoms with E-state index in [-0.39, 0.29) is 5.56 Å². The predicted octanol–water partition coefficient (Wildman–Crippen LogP) is 6.69. The van der Waals surface area contributed by atoms with Crippen LogP contribution in [0.25, 0.3) is 50.3 Å². The number of ether oxygens (including phenoxy) is 1. The van der Waals surface area contributed by atoms with Gasteiger partial charge in [0, 0.05) is 10.9 Å². The van der Waals surface area contributed by atoms with Crippen molar-refractivity contribution in [2.24, 2.45) is 0 Å². The van der Waals surface area contributed by atoms with Crippen molar-refractivity contribution < 1.29 is 19.1 Å². The Labute approximate surface area is 223 Å². The highest BCUT2D eigenvalue weighted by atomic mass is 16.5. The van der Waals surface area contributed by atoms with E-state index in [1.54, 1.807) is 48.2 Å². The van der Waals surface area contributed by atoms with E-state index in [1.807, 2.05) is 48.5 Å². The van der Waals surface area contributed by atoms with Crippen LogP contribution in [0.1, 0.15) is 10.4 Å². The summed E-state index contributed by atoms with van der Waals surface area (Å²) in [6.07, 6.45) is 0. The van der Waals surface area contributed by atoms with Gasteiger partial charge < -0.3 is 14.3 Å². The zero-order valence-electron chi connectivity index (χ0n) is 20.9. The monoisotopic (exact) mass is 514 g/mol. The number of benzene rings is 4. The summed E-state index contributed by atoms with van der Waals surface area (Å²) in [5.41, 5.74) is 5.28. The van der Waals surface area contributed by atoms with Gasteiger partial charge in [-0.2, -0.15) is 5.10 Å². The fourth-order valence-electron chi connectivity index (χ4n) is 4.53. The van der Waals surface area contributed by atoms with Gasteiger partial charge in [-0.25, -0.2) is 14.3 Å². The van der Waals surface area contributed by atoms with Gasteiger partial charge in [0.05, 0.1) is 29.6 Å². The molecule has 6 aromatic rings. The number of carboxylic acid groups (broad SMARTS) is 1. The lowest BCUT2D eigenvalue weighted by molar-refractivity contribution is 0.0697. The molecule has 0 fully saturated rings. The molecule has 0 radical (unpaired) electrons. The summed E-state index contributed by atoms with van der Waals surface area (Å²) in [6.45, 7) is 0. The van der Waals surface area contributed by atoms with E-state index in [1.165, 1.54) is 12.1 Å². The van der Waals surface area contributed by atoms with Gasteiger partial charge in [0.2, 0.25) is 0 Å². The summed E-state index contributed by atoms with van der Waals surface area (Å²) in [7, 11) is 1.58. The number of rotatable bonds is 6. The Bertz CT molecular complexity index is 1870. The van der Waals surface area contributed by atoms with Crippen molar-refractivity contribution in [3.8, 4) is 45.1 Å². The smallest absolute Gasteiger partial charge is 0.345 e.